The van der Waals surface area contributed by atoms with Gasteiger partial charge in [0, 0.05) is 94.8 Å². The summed E-state index contributed by atoms with van der Waals surface area (Å²) in [4.78, 5) is 34.6. The molecule has 2 aliphatic heterocycles. The summed E-state index contributed by atoms with van der Waals surface area (Å²) in [5.41, 5.74) is 1.33. The number of hydrogen-bond acceptors (Lipinski definition) is 24. The lowest BCUT2D eigenvalue weighted by molar-refractivity contribution is -0.432. The van der Waals surface area contributed by atoms with E-state index in [4.69, 9.17) is 9.59 Å². The van der Waals surface area contributed by atoms with E-state index in [1.165, 1.54) is 18.2 Å². The Balaban J connectivity index is 1.28. The highest BCUT2D eigenvalue weighted by Crippen LogP contribution is 2.32. The van der Waals surface area contributed by atoms with Gasteiger partial charge in [-0.3, -0.25) is 4.55 Å². The molecule has 0 atom stereocenters. The molecule has 4 heterocycles. The molecule has 2 saturated heterocycles. The first kappa shape index (κ1) is 46.4. The van der Waals surface area contributed by atoms with E-state index in [2.05, 4.69) is 56.2 Å². The molecule has 4 aromatic rings. The zero-order valence-electron chi connectivity index (χ0n) is 33.5. The molecule has 2 aromatic heterocycles. The van der Waals surface area contributed by atoms with Crippen molar-refractivity contribution >= 4 is 81.4 Å². The van der Waals surface area contributed by atoms with Crippen LogP contribution in [0.3, 0.4) is 0 Å². The monoisotopic (exact) mass is 902 g/mol. The molecule has 0 aliphatic carbocycles. The molecule has 336 valence electrons. The van der Waals surface area contributed by atoms with Crippen molar-refractivity contribution in [3.8, 4) is 0 Å². The zero-order chi connectivity index (χ0) is 43.9. The fraction of sp³-hybridized carbons (Fsp3) is 0.444. The number of aromatic nitrogens is 6. The van der Waals surface area contributed by atoms with Crippen LogP contribution in [0.4, 0.5) is 47.1 Å². The van der Waals surface area contributed by atoms with Gasteiger partial charge in [0.05, 0.1) is 38.5 Å². The number of benzene rings is 2. The number of anilines is 8. The van der Waals surface area contributed by atoms with E-state index in [1.54, 1.807) is 40.1 Å². The van der Waals surface area contributed by atoms with Crippen LogP contribution >= 0.6 is 12.0 Å². The summed E-state index contributed by atoms with van der Waals surface area (Å²) in [6.45, 7) is 5.23. The lowest BCUT2D eigenvalue weighted by Gasteiger charge is -2.29. The number of nitrogens with one attached hydrogen (secondary N) is 4. The summed E-state index contributed by atoms with van der Waals surface area (Å²) in [6, 6.07) is 9.31. The first-order chi connectivity index (χ1) is 30.1. The SMILES string of the molecule is O=S(=O)(O)c1cc(Nc2nc(N(CCO)CCO)nc(N3CCNCC3)n2)ccc1/C=C/c1ccc(Nc2nc(N(CCO)CCO)nc(N3CCNCC3)n2)cc1SOOO. The number of aliphatic hydroxyl groups is 4. The van der Waals surface area contributed by atoms with Gasteiger partial charge in [0.25, 0.3) is 10.1 Å². The second-order valence-electron chi connectivity index (χ2n) is 13.7. The van der Waals surface area contributed by atoms with Crippen LogP contribution in [0.1, 0.15) is 11.1 Å². The van der Waals surface area contributed by atoms with Gasteiger partial charge in [0.2, 0.25) is 35.7 Å². The molecule has 0 amide bonds. The predicted molar refractivity (Wildman–Crippen MR) is 231 cm³/mol. The number of nitrogens with zero attached hydrogens (tertiary/aromatic N) is 10. The molecule has 10 N–H and O–H groups in total. The lowest BCUT2D eigenvalue weighted by Crippen LogP contribution is -2.44. The van der Waals surface area contributed by atoms with E-state index in [9.17, 15) is 33.4 Å². The van der Waals surface area contributed by atoms with Crippen molar-refractivity contribution in [2.45, 2.75) is 9.79 Å². The van der Waals surface area contributed by atoms with Gasteiger partial charge in [-0.05, 0) is 35.4 Å². The molecule has 0 radical (unpaired) electrons. The van der Waals surface area contributed by atoms with E-state index in [1.807, 2.05) is 9.80 Å². The molecule has 2 fully saturated rings. The topological polar surface area (TPSA) is 312 Å². The first-order valence-corrected chi connectivity index (χ1v) is 21.8. The summed E-state index contributed by atoms with van der Waals surface area (Å²) >= 11 is 0.657. The van der Waals surface area contributed by atoms with Crippen LogP contribution < -0.4 is 40.9 Å². The van der Waals surface area contributed by atoms with Crippen molar-refractivity contribution in [1.82, 2.24) is 40.5 Å². The maximum Gasteiger partial charge on any atom is 0.295 e. The third-order valence-electron chi connectivity index (χ3n) is 9.48. The standard InChI is InChI=1S/C36H50N14O10S2/c51-19-15-49(16-20-52)35-43-31(41-33(45-35)47-11-7-37-8-12-47)39-27-5-3-25(29(23-27)61-60-59-55)1-2-26-4-6-28(24-30(26)62(56,57)58)40-32-42-34(48-13-9-38-10-14-48)46-36(44-32)50(17-21-53)18-22-54/h1-6,23-24,37-38,51-55H,7-22H2,(H,56,57,58)(H,39,41,43,45)(H,40,42,44,46)/b2-1+. The average Bonchev–Trinajstić information content (AvgIpc) is 3.28. The lowest BCUT2D eigenvalue weighted by atomic mass is 10.1. The number of aliphatic hydroxyl groups excluding tert-OH is 4. The van der Waals surface area contributed by atoms with Crippen molar-refractivity contribution in [3.05, 3.63) is 47.5 Å². The minimum atomic E-state index is -4.78. The van der Waals surface area contributed by atoms with Gasteiger partial charge in [-0.1, -0.05) is 29.3 Å². The van der Waals surface area contributed by atoms with Crippen molar-refractivity contribution in [1.29, 1.82) is 0 Å². The van der Waals surface area contributed by atoms with Gasteiger partial charge >= 0.3 is 0 Å². The largest absolute Gasteiger partial charge is 0.395 e. The van der Waals surface area contributed by atoms with Gasteiger partial charge in [0.1, 0.15) is 4.90 Å². The van der Waals surface area contributed by atoms with Gasteiger partial charge in [0.15, 0.2) is 0 Å². The summed E-state index contributed by atoms with van der Waals surface area (Å²) in [5.74, 6) is 1.44. The molecule has 2 aromatic carbocycles. The highest BCUT2D eigenvalue weighted by Gasteiger charge is 2.22. The smallest absolute Gasteiger partial charge is 0.295 e. The molecular formula is C36H50N14O10S2. The molecule has 24 nitrogen and oxygen atoms in total. The number of rotatable bonds is 22. The number of piperazine rings is 2. The van der Waals surface area contributed by atoms with E-state index in [0.29, 0.717) is 79.4 Å². The van der Waals surface area contributed by atoms with Crippen LogP contribution in [0, 0.1) is 0 Å². The van der Waals surface area contributed by atoms with Crippen LogP contribution in [0.15, 0.2) is 46.2 Å². The minimum absolute atomic E-state index is 0.0662. The molecule has 0 saturated carbocycles. The highest BCUT2D eigenvalue weighted by molar-refractivity contribution is 7.94. The van der Waals surface area contributed by atoms with Gasteiger partial charge in [-0.25, -0.2) is 5.26 Å². The van der Waals surface area contributed by atoms with Crippen LogP contribution in [-0.4, -0.2) is 174 Å². The predicted octanol–water partition coefficient (Wildman–Crippen LogP) is -0.210. The third-order valence-corrected chi connectivity index (χ3v) is 11.1. The maximum absolute atomic E-state index is 12.8. The van der Waals surface area contributed by atoms with E-state index >= 15 is 0 Å². The first-order valence-electron chi connectivity index (χ1n) is 19.6. The quantitative estimate of drug-likeness (QED) is 0.0160. The van der Waals surface area contributed by atoms with Gasteiger partial charge in [-0.15, -0.1) is 4.33 Å². The zero-order valence-corrected chi connectivity index (χ0v) is 35.2. The van der Waals surface area contributed by atoms with Gasteiger partial charge in [-0.2, -0.15) is 38.3 Å². The summed E-state index contributed by atoms with van der Waals surface area (Å²) < 4.78 is 40.7. The fourth-order valence-corrected chi connectivity index (χ4v) is 7.73. The molecular weight excluding hydrogens is 853 g/mol. The molecule has 2 aliphatic rings. The molecule has 0 spiro atoms. The normalized spacial score (nSPS) is 14.7. The summed E-state index contributed by atoms with van der Waals surface area (Å²) in [6.07, 6.45) is 3.04. The van der Waals surface area contributed by atoms with E-state index in [-0.39, 0.29) is 87.7 Å². The van der Waals surface area contributed by atoms with Crippen molar-refractivity contribution < 1.29 is 48.0 Å². The summed E-state index contributed by atoms with van der Waals surface area (Å²) in [5, 5.41) is 64.2. The van der Waals surface area contributed by atoms with E-state index in [0.717, 1.165) is 13.1 Å². The Hall–Kier alpha value is -5.10. The van der Waals surface area contributed by atoms with Crippen molar-refractivity contribution in [2.24, 2.45) is 0 Å². The summed E-state index contributed by atoms with van der Waals surface area (Å²) in [7, 11) is -4.78. The molecule has 0 bridgehead atoms. The van der Waals surface area contributed by atoms with Crippen LogP contribution in [0.25, 0.3) is 12.2 Å². The fourth-order valence-electron chi connectivity index (χ4n) is 6.51. The molecule has 26 heteroatoms. The van der Waals surface area contributed by atoms with Crippen molar-refractivity contribution in [2.75, 3.05) is 135 Å². The van der Waals surface area contributed by atoms with Crippen molar-refractivity contribution in [3.63, 3.8) is 0 Å². The Morgan fingerprint density at radius 2 is 1.13 bits per heavy atom. The Morgan fingerprint density at radius 3 is 1.58 bits per heavy atom. The van der Waals surface area contributed by atoms with Crippen LogP contribution in [0.5, 0.6) is 0 Å². The van der Waals surface area contributed by atoms with Crippen LogP contribution in [0.2, 0.25) is 0 Å². The van der Waals surface area contributed by atoms with Crippen LogP contribution in [-0.2, 0) is 19.5 Å². The second-order valence-corrected chi connectivity index (χ2v) is 15.8. The number of hydrogen-bond donors (Lipinski definition) is 10. The second kappa shape index (κ2) is 22.8. The molecule has 0 unspecified atom stereocenters. The Morgan fingerprint density at radius 1 is 0.677 bits per heavy atom. The molecule has 6 rings (SSSR count). The highest BCUT2D eigenvalue weighted by atomic mass is 32.2. The Labute approximate surface area is 361 Å². The van der Waals surface area contributed by atoms with Gasteiger partial charge < -0.3 is 61.3 Å². The Bertz CT molecular complexity index is 2210. The third kappa shape index (κ3) is 12.7. The maximum atomic E-state index is 12.8. The average molecular weight is 903 g/mol. The minimum Gasteiger partial charge on any atom is -0.395 e. The molecule has 62 heavy (non-hydrogen) atoms. The van der Waals surface area contributed by atoms with E-state index < -0.39 is 15.0 Å². The Kier molecular flexibility index (Phi) is 17.1.